The van der Waals surface area contributed by atoms with Gasteiger partial charge in [-0.3, -0.25) is 4.79 Å². The van der Waals surface area contributed by atoms with E-state index < -0.39 is 12.0 Å². The van der Waals surface area contributed by atoms with E-state index in [2.05, 4.69) is 5.32 Å². The SMILES string of the molecule is COc1ccc(CCNC(=O)C(O)c2ccc(Cl)cc2)cc1OC. The summed E-state index contributed by atoms with van der Waals surface area (Å²) in [5.41, 5.74) is 1.50. The van der Waals surface area contributed by atoms with Crippen LogP contribution in [0.5, 0.6) is 11.5 Å². The van der Waals surface area contributed by atoms with Gasteiger partial charge >= 0.3 is 0 Å². The van der Waals surface area contributed by atoms with Crippen molar-refractivity contribution in [2.75, 3.05) is 20.8 Å². The van der Waals surface area contributed by atoms with E-state index in [-0.39, 0.29) is 0 Å². The van der Waals surface area contributed by atoms with Gasteiger partial charge in [0.15, 0.2) is 17.6 Å². The van der Waals surface area contributed by atoms with Crippen LogP contribution in [-0.2, 0) is 11.2 Å². The summed E-state index contributed by atoms with van der Waals surface area (Å²) in [5.74, 6) is 0.851. The van der Waals surface area contributed by atoms with Crippen LogP contribution in [0.25, 0.3) is 0 Å². The number of hydrogen-bond donors (Lipinski definition) is 2. The van der Waals surface area contributed by atoms with Crippen molar-refractivity contribution in [3.8, 4) is 11.5 Å². The van der Waals surface area contributed by atoms with Gasteiger partial charge in [-0.1, -0.05) is 29.8 Å². The average Bonchev–Trinajstić information content (AvgIpc) is 2.61. The van der Waals surface area contributed by atoms with Crippen molar-refractivity contribution in [2.45, 2.75) is 12.5 Å². The molecule has 0 bridgehead atoms. The third-order valence-corrected chi connectivity index (χ3v) is 3.85. The van der Waals surface area contributed by atoms with Crippen LogP contribution in [-0.4, -0.2) is 31.8 Å². The Morgan fingerprint density at radius 2 is 1.79 bits per heavy atom. The van der Waals surface area contributed by atoms with Crippen molar-refractivity contribution < 1.29 is 19.4 Å². The molecule has 24 heavy (non-hydrogen) atoms. The first kappa shape index (κ1) is 18.1. The number of carbonyl (C=O) groups is 1. The molecule has 2 aromatic carbocycles. The Hall–Kier alpha value is -2.24. The van der Waals surface area contributed by atoms with Crippen molar-refractivity contribution in [3.05, 3.63) is 58.6 Å². The molecule has 2 rings (SSSR count). The number of amides is 1. The highest BCUT2D eigenvalue weighted by atomic mass is 35.5. The molecule has 1 atom stereocenters. The summed E-state index contributed by atoms with van der Waals surface area (Å²) in [4.78, 5) is 12.0. The minimum absolute atomic E-state index is 0.402. The van der Waals surface area contributed by atoms with Crippen LogP contribution in [0.3, 0.4) is 0 Å². The van der Waals surface area contributed by atoms with E-state index in [1.54, 1.807) is 38.5 Å². The number of rotatable bonds is 7. The summed E-state index contributed by atoms with van der Waals surface area (Å²) < 4.78 is 10.4. The number of benzene rings is 2. The summed E-state index contributed by atoms with van der Waals surface area (Å²) >= 11 is 5.79. The number of carbonyl (C=O) groups excluding carboxylic acids is 1. The highest BCUT2D eigenvalue weighted by Crippen LogP contribution is 2.27. The van der Waals surface area contributed by atoms with Crippen molar-refractivity contribution in [1.29, 1.82) is 0 Å². The van der Waals surface area contributed by atoms with Gasteiger partial charge in [-0.05, 0) is 41.8 Å². The number of aliphatic hydroxyl groups excluding tert-OH is 1. The van der Waals surface area contributed by atoms with Gasteiger partial charge in [0, 0.05) is 11.6 Å². The molecule has 0 aliphatic carbocycles. The molecule has 0 aliphatic heterocycles. The maximum atomic E-state index is 12.0. The maximum absolute atomic E-state index is 12.0. The zero-order chi connectivity index (χ0) is 17.5. The van der Waals surface area contributed by atoms with E-state index in [0.717, 1.165) is 5.56 Å². The third-order valence-electron chi connectivity index (χ3n) is 3.59. The minimum atomic E-state index is -1.22. The van der Waals surface area contributed by atoms with Gasteiger partial charge in [0.05, 0.1) is 14.2 Å². The highest BCUT2D eigenvalue weighted by molar-refractivity contribution is 6.30. The average molecular weight is 350 g/mol. The standard InChI is InChI=1S/C18H20ClNO4/c1-23-15-8-3-12(11-16(15)24-2)9-10-20-18(22)17(21)13-4-6-14(19)7-5-13/h3-8,11,17,21H,9-10H2,1-2H3,(H,20,22). The minimum Gasteiger partial charge on any atom is -0.493 e. The second-order valence-corrected chi connectivity index (χ2v) is 5.62. The lowest BCUT2D eigenvalue weighted by Crippen LogP contribution is -2.30. The quantitative estimate of drug-likeness (QED) is 0.806. The number of ether oxygens (including phenoxy) is 2. The normalized spacial score (nSPS) is 11.7. The Bertz CT molecular complexity index is 688. The fraction of sp³-hybridized carbons (Fsp3) is 0.278. The van der Waals surface area contributed by atoms with Crippen LogP contribution >= 0.6 is 11.6 Å². The highest BCUT2D eigenvalue weighted by Gasteiger charge is 2.16. The monoisotopic (exact) mass is 349 g/mol. The zero-order valence-corrected chi connectivity index (χ0v) is 14.3. The molecular weight excluding hydrogens is 330 g/mol. The fourth-order valence-electron chi connectivity index (χ4n) is 2.26. The van der Waals surface area contributed by atoms with E-state index in [1.807, 2.05) is 18.2 Å². The third kappa shape index (κ3) is 4.63. The van der Waals surface area contributed by atoms with E-state index in [1.165, 1.54) is 0 Å². The number of halogens is 1. The predicted octanol–water partition coefficient (Wildman–Crippen LogP) is 2.75. The number of aliphatic hydroxyl groups is 1. The molecule has 1 unspecified atom stereocenters. The van der Waals surface area contributed by atoms with Gasteiger partial charge in [0.25, 0.3) is 5.91 Å². The van der Waals surface area contributed by atoms with Crippen LogP contribution in [0.2, 0.25) is 5.02 Å². The lowest BCUT2D eigenvalue weighted by molar-refractivity contribution is -0.129. The smallest absolute Gasteiger partial charge is 0.253 e. The number of methoxy groups -OCH3 is 2. The van der Waals surface area contributed by atoms with E-state index in [0.29, 0.717) is 35.1 Å². The molecular formula is C18H20ClNO4. The lowest BCUT2D eigenvalue weighted by atomic mass is 10.1. The number of nitrogens with one attached hydrogen (secondary N) is 1. The molecule has 1 amide bonds. The molecule has 5 nitrogen and oxygen atoms in total. The molecule has 0 radical (unpaired) electrons. The summed E-state index contributed by atoms with van der Waals surface area (Å²) in [6.45, 7) is 0.402. The summed E-state index contributed by atoms with van der Waals surface area (Å²) in [6, 6.07) is 12.1. The van der Waals surface area contributed by atoms with Gasteiger partial charge in [-0.15, -0.1) is 0 Å². The van der Waals surface area contributed by atoms with Gasteiger partial charge < -0.3 is 19.9 Å². The molecule has 0 spiro atoms. The Labute approximate surface area is 146 Å². The molecule has 0 aliphatic rings. The molecule has 128 valence electrons. The molecule has 0 saturated carbocycles. The Kier molecular flexibility index (Phi) is 6.46. The first-order valence-corrected chi connectivity index (χ1v) is 7.85. The Morgan fingerprint density at radius 3 is 2.42 bits per heavy atom. The molecule has 0 saturated heterocycles. The topological polar surface area (TPSA) is 67.8 Å². The van der Waals surface area contributed by atoms with Crippen molar-refractivity contribution in [1.82, 2.24) is 5.32 Å². The van der Waals surface area contributed by atoms with Crippen LogP contribution in [0.15, 0.2) is 42.5 Å². The van der Waals surface area contributed by atoms with Gasteiger partial charge in [0.2, 0.25) is 0 Å². The van der Waals surface area contributed by atoms with E-state index in [9.17, 15) is 9.90 Å². The molecule has 0 aromatic heterocycles. The molecule has 2 aromatic rings. The van der Waals surface area contributed by atoms with E-state index >= 15 is 0 Å². The first-order chi connectivity index (χ1) is 11.5. The summed E-state index contributed by atoms with van der Waals surface area (Å²) in [6.07, 6.45) is -0.605. The fourth-order valence-corrected chi connectivity index (χ4v) is 2.39. The lowest BCUT2D eigenvalue weighted by Gasteiger charge is -2.13. The van der Waals surface area contributed by atoms with Gasteiger partial charge in [-0.2, -0.15) is 0 Å². The predicted molar refractivity (Wildman–Crippen MR) is 92.7 cm³/mol. The van der Waals surface area contributed by atoms with Gasteiger partial charge in [0.1, 0.15) is 0 Å². The zero-order valence-electron chi connectivity index (χ0n) is 13.6. The largest absolute Gasteiger partial charge is 0.493 e. The second kappa shape index (κ2) is 8.57. The molecule has 2 N–H and O–H groups in total. The Morgan fingerprint density at radius 1 is 1.12 bits per heavy atom. The summed E-state index contributed by atoms with van der Waals surface area (Å²) in [7, 11) is 3.15. The van der Waals surface area contributed by atoms with Crippen LogP contribution in [0.1, 0.15) is 17.2 Å². The number of hydrogen-bond acceptors (Lipinski definition) is 4. The maximum Gasteiger partial charge on any atom is 0.253 e. The van der Waals surface area contributed by atoms with Crippen molar-refractivity contribution >= 4 is 17.5 Å². The van der Waals surface area contributed by atoms with Crippen molar-refractivity contribution in [2.24, 2.45) is 0 Å². The van der Waals surface area contributed by atoms with E-state index in [4.69, 9.17) is 21.1 Å². The first-order valence-electron chi connectivity index (χ1n) is 7.47. The second-order valence-electron chi connectivity index (χ2n) is 5.18. The Balaban J connectivity index is 1.89. The molecule has 0 heterocycles. The molecule has 6 heteroatoms. The molecule has 0 fully saturated rings. The van der Waals surface area contributed by atoms with Crippen LogP contribution < -0.4 is 14.8 Å². The van der Waals surface area contributed by atoms with Crippen molar-refractivity contribution in [3.63, 3.8) is 0 Å². The van der Waals surface area contributed by atoms with Gasteiger partial charge in [-0.25, -0.2) is 0 Å². The summed E-state index contributed by atoms with van der Waals surface area (Å²) in [5, 5.41) is 13.3. The van der Waals surface area contributed by atoms with Crippen LogP contribution in [0, 0.1) is 0 Å². The van der Waals surface area contributed by atoms with Crippen LogP contribution in [0.4, 0.5) is 0 Å².